The molecule has 0 atom stereocenters. The van der Waals surface area contributed by atoms with E-state index < -0.39 is 57.2 Å². The summed E-state index contributed by atoms with van der Waals surface area (Å²) in [5, 5.41) is 5.10. The van der Waals surface area contributed by atoms with E-state index in [1.165, 1.54) is 6.92 Å². The van der Waals surface area contributed by atoms with Crippen LogP contribution in [-0.4, -0.2) is 41.1 Å². The first-order chi connectivity index (χ1) is 14.8. The van der Waals surface area contributed by atoms with Gasteiger partial charge in [0, 0.05) is 28.6 Å². The Morgan fingerprint density at radius 1 is 1.28 bits per heavy atom. The fourth-order valence-electron chi connectivity index (χ4n) is 3.17. The number of hydrogen-bond donors (Lipinski definition) is 1. The van der Waals surface area contributed by atoms with E-state index in [9.17, 15) is 31.5 Å². The van der Waals surface area contributed by atoms with Gasteiger partial charge in [-0.15, -0.1) is 11.3 Å². The fourth-order valence-corrected chi connectivity index (χ4v) is 4.99. The number of carboxylic acids is 1. The Morgan fingerprint density at radius 2 is 1.94 bits per heavy atom. The molecule has 3 rings (SSSR count). The molecule has 0 amide bonds. The topological polar surface area (TPSA) is 76.0 Å². The molecular formula is C19H13F6NO4S2. The highest BCUT2D eigenvalue weighted by Crippen LogP contribution is 2.49. The number of ether oxygens (including phenoxy) is 1. The number of methoxy groups -OCH3 is 1. The lowest BCUT2D eigenvalue weighted by molar-refractivity contribution is -0.237. The largest absolute Gasteiger partial charge is 0.493 e. The van der Waals surface area contributed by atoms with Gasteiger partial charge in [-0.25, -0.2) is 4.39 Å². The fraction of sp³-hybridized carbons (Fsp3) is 0.316. The standard InChI is InChI=1S/C19H13F6NO4S2/c1-7-9(5-12(27)28)14-11(26-7)4-10(17(30-2)15(14)20)16(29)8-3-13(31-6-8)32-19(24,25)18(21,22)23/h3,6H,4-5H2,1-2H3,(H,27,28). The third kappa shape index (κ3) is 4.35. The van der Waals surface area contributed by atoms with Gasteiger partial charge in [-0.3, -0.25) is 14.6 Å². The minimum absolute atomic E-state index is 0.0790. The highest BCUT2D eigenvalue weighted by atomic mass is 32.2. The molecule has 1 aromatic rings. The number of aliphatic imine (C=N–C) groups is 1. The predicted molar refractivity (Wildman–Crippen MR) is 105 cm³/mol. The van der Waals surface area contributed by atoms with Crippen molar-refractivity contribution in [2.75, 3.05) is 7.11 Å². The number of allylic oxidation sites excluding steroid dienone is 4. The highest BCUT2D eigenvalue weighted by Gasteiger charge is 2.58. The lowest BCUT2D eigenvalue weighted by Crippen LogP contribution is -2.32. The number of Topliss-reactive ketones (excluding diaryl/α,β-unsaturated/α-hetero) is 1. The summed E-state index contributed by atoms with van der Waals surface area (Å²) in [5.41, 5.74) is -0.00686. The van der Waals surface area contributed by atoms with E-state index >= 15 is 4.39 Å². The molecule has 1 aliphatic heterocycles. The van der Waals surface area contributed by atoms with Crippen molar-refractivity contribution in [3.05, 3.63) is 51.0 Å². The summed E-state index contributed by atoms with van der Waals surface area (Å²) in [6.07, 6.45) is -6.51. The van der Waals surface area contributed by atoms with Gasteiger partial charge in [-0.05, 0) is 30.3 Å². The molecule has 0 saturated carbocycles. The number of hydrogen-bond acceptors (Lipinski definition) is 6. The average molecular weight is 497 g/mol. The second-order valence-corrected chi connectivity index (χ2v) is 9.00. The van der Waals surface area contributed by atoms with Crippen molar-refractivity contribution in [3.8, 4) is 0 Å². The van der Waals surface area contributed by atoms with Gasteiger partial charge in [-0.1, -0.05) is 0 Å². The first-order valence-corrected chi connectivity index (χ1v) is 10.4. The first kappa shape index (κ1) is 24.1. The number of thioether (sulfide) groups is 1. The van der Waals surface area contributed by atoms with Gasteiger partial charge < -0.3 is 9.84 Å². The van der Waals surface area contributed by atoms with Crippen molar-refractivity contribution in [3.63, 3.8) is 0 Å². The van der Waals surface area contributed by atoms with E-state index in [4.69, 9.17) is 9.84 Å². The third-order valence-corrected chi connectivity index (χ3v) is 6.64. The number of thiophene rings is 1. The Kier molecular flexibility index (Phi) is 6.35. The second kappa shape index (κ2) is 8.43. The van der Waals surface area contributed by atoms with Crippen LogP contribution < -0.4 is 0 Å². The van der Waals surface area contributed by atoms with Crippen LogP contribution in [-0.2, 0) is 9.53 Å². The summed E-state index contributed by atoms with van der Waals surface area (Å²) in [5.74, 6) is -3.51. The average Bonchev–Trinajstić information content (AvgIpc) is 3.24. The van der Waals surface area contributed by atoms with Gasteiger partial charge in [0.2, 0.25) is 0 Å². The van der Waals surface area contributed by atoms with E-state index in [0.29, 0.717) is 11.3 Å². The van der Waals surface area contributed by atoms with E-state index in [0.717, 1.165) is 18.6 Å². The number of halogens is 6. The number of carbonyl (C=O) groups is 2. The molecule has 0 unspecified atom stereocenters. The van der Waals surface area contributed by atoms with Gasteiger partial charge in [0.15, 0.2) is 17.4 Å². The van der Waals surface area contributed by atoms with Crippen molar-refractivity contribution in [1.29, 1.82) is 0 Å². The zero-order valence-electron chi connectivity index (χ0n) is 16.3. The van der Waals surface area contributed by atoms with E-state index in [1.54, 1.807) is 0 Å². The number of fused-ring (bicyclic) bond motifs is 1. The van der Waals surface area contributed by atoms with Crippen LogP contribution in [0, 0.1) is 0 Å². The molecule has 1 N–H and O–H groups in total. The van der Waals surface area contributed by atoms with Crippen molar-refractivity contribution in [1.82, 2.24) is 0 Å². The molecule has 5 nitrogen and oxygen atoms in total. The Hall–Kier alpha value is -2.54. The van der Waals surface area contributed by atoms with Crippen LogP contribution in [0.3, 0.4) is 0 Å². The summed E-state index contributed by atoms with van der Waals surface area (Å²) in [4.78, 5) is 28.2. The molecule has 1 aromatic heterocycles. The molecule has 0 aromatic carbocycles. The van der Waals surface area contributed by atoms with Crippen molar-refractivity contribution in [2.45, 2.75) is 35.4 Å². The van der Waals surface area contributed by atoms with Gasteiger partial charge >= 0.3 is 17.4 Å². The SMILES string of the molecule is COC1=C(C(=O)c2csc(SC(F)(F)C(F)(F)F)c2)CC2=NC(C)=C(CC(=O)O)C2=C1F. The van der Waals surface area contributed by atoms with Crippen molar-refractivity contribution < 1.29 is 45.8 Å². The molecule has 0 saturated heterocycles. The van der Waals surface area contributed by atoms with Crippen LogP contribution in [0.15, 0.2) is 54.7 Å². The van der Waals surface area contributed by atoms with E-state index in [2.05, 4.69) is 4.99 Å². The van der Waals surface area contributed by atoms with Crippen molar-refractivity contribution in [2.24, 2.45) is 4.99 Å². The second-order valence-electron chi connectivity index (χ2n) is 6.67. The summed E-state index contributed by atoms with van der Waals surface area (Å²) in [6, 6.07) is 0.866. The molecule has 172 valence electrons. The van der Waals surface area contributed by atoms with E-state index in [-0.39, 0.29) is 40.1 Å². The summed E-state index contributed by atoms with van der Waals surface area (Å²) < 4.78 is 83.6. The molecule has 2 heterocycles. The minimum Gasteiger partial charge on any atom is -0.493 e. The number of nitrogens with zero attached hydrogens (tertiary/aromatic N) is 1. The molecule has 0 spiro atoms. The van der Waals surface area contributed by atoms with Crippen LogP contribution in [0.5, 0.6) is 0 Å². The number of carboxylic acid groups (broad SMARTS) is 1. The first-order valence-electron chi connectivity index (χ1n) is 8.70. The maximum absolute atomic E-state index is 15.2. The molecule has 13 heteroatoms. The van der Waals surface area contributed by atoms with Crippen LogP contribution in [0.25, 0.3) is 0 Å². The zero-order chi connectivity index (χ0) is 24.0. The number of rotatable bonds is 7. The molecule has 1 aliphatic carbocycles. The maximum Gasteiger partial charge on any atom is 0.464 e. The van der Waals surface area contributed by atoms with Crippen LogP contribution in [0.4, 0.5) is 26.3 Å². The molecule has 0 bridgehead atoms. The minimum atomic E-state index is -5.77. The third-order valence-electron chi connectivity index (χ3n) is 4.57. The van der Waals surface area contributed by atoms with Crippen LogP contribution in [0.2, 0.25) is 0 Å². The monoisotopic (exact) mass is 497 g/mol. The Morgan fingerprint density at radius 3 is 2.50 bits per heavy atom. The Labute approximate surface area is 185 Å². The lowest BCUT2D eigenvalue weighted by atomic mass is 9.86. The molecule has 0 radical (unpaired) electrons. The van der Waals surface area contributed by atoms with Crippen molar-refractivity contribution >= 4 is 40.6 Å². The number of carbonyl (C=O) groups excluding carboxylic acids is 1. The highest BCUT2D eigenvalue weighted by molar-refractivity contribution is 8.02. The summed E-state index contributed by atoms with van der Waals surface area (Å²) >= 11 is -0.231. The molecule has 2 aliphatic rings. The normalized spacial score (nSPS) is 17.1. The van der Waals surface area contributed by atoms with E-state index in [1.807, 2.05) is 0 Å². The number of aliphatic carboxylic acids is 1. The van der Waals surface area contributed by atoms with Gasteiger partial charge in [0.1, 0.15) is 0 Å². The maximum atomic E-state index is 15.2. The lowest BCUT2D eigenvalue weighted by Gasteiger charge is -2.20. The molecule has 0 fully saturated rings. The quantitative estimate of drug-likeness (QED) is 0.288. The predicted octanol–water partition coefficient (Wildman–Crippen LogP) is 5.91. The Bertz CT molecular complexity index is 1130. The van der Waals surface area contributed by atoms with Gasteiger partial charge in [0.05, 0.1) is 29.0 Å². The number of ketones is 1. The van der Waals surface area contributed by atoms with Gasteiger partial charge in [0.25, 0.3) is 0 Å². The van der Waals surface area contributed by atoms with Gasteiger partial charge in [-0.2, -0.15) is 22.0 Å². The van der Waals surface area contributed by atoms with Crippen LogP contribution >= 0.6 is 23.1 Å². The molecule has 32 heavy (non-hydrogen) atoms. The smallest absolute Gasteiger partial charge is 0.464 e. The molecular weight excluding hydrogens is 484 g/mol. The zero-order valence-corrected chi connectivity index (χ0v) is 17.9. The van der Waals surface area contributed by atoms with Crippen LogP contribution in [0.1, 0.15) is 30.1 Å². The number of alkyl halides is 5. The summed E-state index contributed by atoms with van der Waals surface area (Å²) in [6.45, 7) is 1.49. The Balaban J connectivity index is 1.95. The summed E-state index contributed by atoms with van der Waals surface area (Å²) in [7, 11) is 1.09.